The Morgan fingerprint density at radius 3 is 1.20 bits per heavy atom. The topological polar surface area (TPSA) is 0 Å². The maximum absolute atomic E-state index is 2.48. The highest BCUT2D eigenvalue weighted by Gasteiger charge is 2.29. The third-order valence-corrected chi connectivity index (χ3v) is 14.1. The zero-order valence-corrected chi connectivity index (χ0v) is 33.0. The molecule has 2 unspecified atom stereocenters. The molecule has 0 aliphatic heterocycles. The molecule has 2 aliphatic carbocycles. The number of rotatable bonds is 8. The summed E-state index contributed by atoms with van der Waals surface area (Å²) in [5, 5.41) is 8.19. The first-order chi connectivity index (χ1) is 27.2. The summed E-state index contributed by atoms with van der Waals surface area (Å²) in [6, 6.07) is 64.0. The summed E-state index contributed by atoms with van der Waals surface area (Å²) in [5.41, 5.74) is 16.7. The summed E-state index contributed by atoms with van der Waals surface area (Å²) in [4.78, 5) is 0. The number of fused-ring (bicyclic) bond motifs is 4. The van der Waals surface area contributed by atoms with Crippen LogP contribution in [0.2, 0.25) is 0 Å². The fraction of sp³-hybridized carbons (Fsp3) is 0.111. The van der Waals surface area contributed by atoms with Crippen molar-refractivity contribution in [2.45, 2.75) is 38.5 Å². The maximum atomic E-state index is 2.48. The Kier molecular flexibility index (Phi) is 8.53. The predicted octanol–water partition coefficient (Wildman–Crippen LogP) is 12.3. The molecule has 0 aromatic heterocycles. The Labute approximate surface area is 327 Å². The van der Waals surface area contributed by atoms with Crippen LogP contribution >= 0.6 is 0 Å². The van der Waals surface area contributed by atoms with Gasteiger partial charge in [-0.1, -0.05) is 217 Å². The summed E-state index contributed by atoms with van der Waals surface area (Å²) in [6.07, 6.45) is 7.05. The maximum Gasteiger partial charge on any atom is 0.0875 e. The molecule has 1 heteroatoms. The summed E-state index contributed by atoms with van der Waals surface area (Å²) in [7, 11) is -0.616. The normalized spacial score (nSPS) is 16.1. The minimum Gasteiger partial charge on any atom is -0.0630 e. The van der Waals surface area contributed by atoms with Gasteiger partial charge in [0.1, 0.15) is 0 Å². The first kappa shape index (κ1) is 33.5. The van der Waals surface area contributed by atoms with Gasteiger partial charge in [0.05, 0.1) is 9.52 Å². The Bertz CT molecular complexity index is 2590. The summed E-state index contributed by atoms with van der Waals surface area (Å²) < 4.78 is 0. The third kappa shape index (κ3) is 5.82. The lowest BCUT2D eigenvalue weighted by molar-refractivity contribution is 0.909. The van der Waals surface area contributed by atoms with Crippen molar-refractivity contribution in [2.75, 3.05) is 0 Å². The molecule has 55 heavy (non-hydrogen) atoms. The standard InChI is InChI=1S/C54H44Si/c1-3-35-33-51-47(45-19-9-15-37-13-5-7-17-43(37)45)21-11-23-49(51)53(35)39-25-29-41(30-26-39)55-42-31-27-40(28-32-42)54-36(4-2)34-52-48(22-12-24-50(52)54)46-20-10-16-38-14-6-8-18-44(38)46/h5-34,53-54H,3-4,55H2,1-2H3. The minimum atomic E-state index is -0.616. The molecule has 264 valence electrons. The molecule has 0 nitrogen and oxygen atoms in total. The van der Waals surface area contributed by atoms with Crippen LogP contribution < -0.4 is 10.4 Å². The highest BCUT2D eigenvalue weighted by atomic mass is 28.2. The van der Waals surface area contributed by atoms with Crippen LogP contribution in [0.4, 0.5) is 0 Å². The van der Waals surface area contributed by atoms with Crippen LogP contribution in [-0.4, -0.2) is 9.52 Å². The zero-order chi connectivity index (χ0) is 36.9. The van der Waals surface area contributed by atoms with Crippen LogP contribution in [0.1, 0.15) is 71.9 Å². The molecule has 0 radical (unpaired) electrons. The second kappa shape index (κ2) is 14.0. The number of hydrogen-bond donors (Lipinski definition) is 0. The van der Waals surface area contributed by atoms with Crippen molar-refractivity contribution in [2.24, 2.45) is 0 Å². The first-order valence-electron chi connectivity index (χ1n) is 20.0. The largest absolute Gasteiger partial charge is 0.0875 e. The van der Waals surface area contributed by atoms with Gasteiger partial charge < -0.3 is 0 Å². The van der Waals surface area contributed by atoms with E-state index >= 15 is 0 Å². The van der Waals surface area contributed by atoms with Gasteiger partial charge in [-0.3, -0.25) is 0 Å². The summed E-state index contributed by atoms with van der Waals surface area (Å²) >= 11 is 0. The van der Waals surface area contributed by atoms with Crippen molar-refractivity contribution in [3.05, 3.63) is 214 Å². The van der Waals surface area contributed by atoms with E-state index < -0.39 is 9.52 Å². The summed E-state index contributed by atoms with van der Waals surface area (Å²) in [6.45, 7) is 4.61. The molecule has 0 heterocycles. The highest BCUT2D eigenvalue weighted by Crippen LogP contribution is 2.48. The lowest BCUT2D eigenvalue weighted by Crippen LogP contribution is -2.27. The third-order valence-electron chi connectivity index (χ3n) is 12.3. The fourth-order valence-electron chi connectivity index (χ4n) is 9.61. The van der Waals surface area contributed by atoms with Crippen LogP contribution in [0.5, 0.6) is 0 Å². The van der Waals surface area contributed by atoms with Crippen molar-refractivity contribution in [1.82, 2.24) is 0 Å². The SMILES string of the molecule is CCC1=Cc2c(-c3cccc4ccccc34)cccc2C1c1ccc([SiH2]c2ccc(C3C(CC)=Cc4c(-c5cccc6ccccc56)cccc43)cc2)cc1. The zero-order valence-electron chi connectivity index (χ0n) is 31.6. The van der Waals surface area contributed by atoms with Gasteiger partial charge in [-0.25, -0.2) is 0 Å². The molecule has 2 atom stereocenters. The van der Waals surface area contributed by atoms with E-state index in [2.05, 4.69) is 196 Å². The van der Waals surface area contributed by atoms with Gasteiger partial charge in [0.2, 0.25) is 0 Å². The van der Waals surface area contributed by atoms with E-state index in [0.29, 0.717) is 11.8 Å². The first-order valence-corrected chi connectivity index (χ1v) is 21.4. The van der Waals surface area contributed by atoms with E-state index in [1.54, 1.807) is 0 Å². The Balaban J connectivity index is 0.907. The summed E-state index contributed by atoms with van der Waals surface area (Å²) in [5.74, 6) is 0.613. The van der Waals surface area contributed by atoms with Crippen LogP contribution in [0, 0.1) is 0 Å². The van der Waals surface area contributed by atoms with Gasteiger partial charge in [0.15, 0.2) is 0 Å². The molecule has 0 saturated carbocycles. The Hall–Kier alpha value is -6.02. The van der Waals surface area contributed by atoms with Gasteiger partial charge in [-0.15, -0.1) is 0 Å². The van der Waals surface area contributed by atoms with Crippen LogP contribution in [0.15, 0.2) is 181 Å². The molecule has 0 N–H and O–H groups in total. The molecular weight excluding hydrogens is 677 g/mol. The number of hydrogen-bond acceptors (Lipinski definition) is 0. The predicted molar refractivity (Wildman–Crippen MR) is 240 cm³/mol. The van der Waals surface area contributed by atoms with E-state index in [1.807, 2.05) is 0 Å². The average Bonchev–Trinajstić information content (AvgIpc) is 3.83. The minimum absolute atomic E-state index is 0.307. The van der Waals surface area contributed by atoms with Crippen LogP contribution in [0.3, 0.4) is 0 Å². The molecule has 0 spiro atoms. The number of allylic oxidation sites excluding steroid dienone is 2. The van der Waals surface area contributed by atoms with Gasteiger partial charge in [-0.2, -0.15) is 0 Å². The molecule has 8 aromatic carbocycles. The quantitative estimate of drug-likeness (QED) is 0.137. The van der Waals surface area contributed by atoms with E-state index in [0.717, 1.165) is 12.8 Å². The highest BCUT2D eigenvalue weighted by molar-refractivity contribution is 6.67. The smallest absolute Gasteiger partial charge is 0.0630 e. The Morgan fingerprint density at radius 2 is 0.764 bits per heavy atom. The van der Waals surface area contributed by atoms with E-state index in [-0.39, 0.29) is 0 Å². The van der Waals surface area contributed by atoms with Gasteiger partial charge in [0.25, 0.3) is 0 Å². The molecule has 8 aromatic rings. The van der Waals surface area contributed by atoms with Gasteiger partial charge >= 0.3 is 0 Å². The van der Waals surface area contributed by atoms with Crippen molar-refractivity contribution >= 4 is 53.6 Å². The van der Waals surface area contributed by atoms with Crippen LogP contribution in [0.25, 0.3) is 56.0 Å². The second-order valence-electron chi connectivity index (χ2n) is 15.3. The molecule has 0 bridgehead atoms. The molecule has 2 aliphatic rings. The average molecular weight is 721 g/mol. The van der Waals surface area contributed by atoms with Gasteiger partial charge in [-0.05, 0) is 90.0 Å². The molecule has 10 rings (SSSR count). The monoisotopic (exact) mass is 720 g/mol. The molecular formula is C54H44Si. The molecule has 0 fully saturated rings. The lowest BCUT2D eigenvalue weighted by Gasteiger charge is -2.19. The van der Waals surface area contributed by atoms with Crippen molar-refractivity contribution in [3.63, 3.8) is 0 Å². The van der Waals surface area contributed by atoms with Crippen molar-refractivity contribution in [1.29, 1.82) is 0 Å². The lowest BCUT2D eigenvalue weighted by atomic mass is 9.86. The number of benzene rings is 8. The second-order valence-corrected chi connectivity index (χ2v) is 17.3. The molecule has 0 saturated heterocycles. The van der Waals surface area contributed by atoms with E-state index in [9.17, 15) is 0 Å². The molecule has 0 amide bonds. The van der Waals surface area contributed by atoms with E-state index in [4.69, 9.17) is 0 Å². The van der Waals surface area contributed by atoms with Crippen molar-refractivity contribution in [3.8, 4) is 22.3 Å². The fourth-order valence-corrected chi connectivity index (χ4v) is 11.0. The van der Waals surface area contributed by atoms with Crippen molar-refractivity contribution < 1.29 is 0 Å². The van der Waals surface area contributed by atoms with Gasteiger partial charge in [0, 0.05) is 11.8 Å². The van der Waals surface area contributed by atoms with Crippen LogP contribution in [-0.2, 0) is 0 Å². The van der Waals surface area contributed by atoms with E-state index in [1.165, 1.54) is 98.7 Å². The Morgan fingerprint density at radius 1 is 0.382 bits per heavy atom.